The molecule has 3 heteroatoms. The molecule has 84 valence electrons. The molecule has 0 bridgehead atoms. The van der Waals surface area contributed by atoms with Crippen LogP contribution >= 0.6 is 0 Å². The lowest BCUT2D eigenvalue weighted by Crippen LogP contribution is -2.63. The van der Waals surface area contributed by atoms with Crippen molar-refractivity contribution < 1.29 is 4.74 Å². The quantitative estimate of drug-likeness (QED) is 0.699. The molecule has 14 heavy (non-hydrogen) atoms. The van der Waals surface area contributed by atoms with Crippen LogP contribution in [0.5, 0.6) is 0 Å². The second-order valence-electron chi connectivity index (χ2n) is 4.86. The fourth-order valence-corrected chi connectivity index (χ4v) is 2.06. The smallest absolute Gasteiger partial charge is 0.0655 e. The normalized spacial score (nSPS) is 32.4. The molecule has 1 aliphatic carbocycles. The zero-order valence-electron chi connectivity index (χ0n) is 9.84. The molecule has 3 unspecified atom stereocenters. The molecule has 1 aliphatic rings. The fourth-order valence-electron chi connectivity index (χ4n) is 2.06. The van der Waals surface area contributed by atoms with Crippen LogP contribution in [0.2, 0.25) is 0 Å². The van der Waals surface area contributed by atoms with Crippen molar-refractivity contribution in [1.82, 2.24) is 5.32 Å². The standard InChI is InChI=1S/C11H24N2O/c1-5-14-10-6-9(11(10,3)4)13-8(2)7-12/h8-10,13H,5-7,12H2,1-4H3. The summed E-state index contributed by atoms with van der Waals surface area (Å²) in [6, 6.07) is 0.958. The predicted octanol–water partition coefficient (Wildman–Crippen LogP) is 1.13. The number of ether oxygens (including phenoxy) is 1. The molecular weight excluding hydrogens is 176 g/mol. The van der Waals surface area contributed by atoms with Crippen molar-refractivity contribution in [2.75, 3.05) is 13.2 Å². The molecule has 3 N–H and O–H groups in total. The van der Waals surface area contributed by atoms with Crippen LogP contribution in [0.25, 0.3) is 0 Å². The minimum atomic E-state index is 0.249. The Kier molecular flexibility index (Phi) is 3.93. The Morgan fingerprint density at radius 1 is 1.57 bits per heavy atom. The SMILES string of the molecule is CCOC1CC(NC(C)CN)C1(C)C. The van der Waals surface area contributed by atoms with Crippen molar-refractivity contribution >= 4 is 0 Å². The van der Waals surface area contributed by atoms with Crippen LogP contribution in [0.1, 0.15) is 34.1 Å². The second kappa shape index (κ2) is 4.60. The van der Waals surface area contributed by atoms with E-state index in [1.807, 2.05) is 0 Å². The number of nitrogens with one attached hydrogen (secondary N) is 1. The topological polar surface area (TPSA) is 47.3 Å². The maximum Gasteiger partial charge on any atom is 0.0655 e. The van der Waals surface area contributed by atoms with Gasteiger partial charge < -0.3 is 15.8 Å². The van der Waals surface area contributed by atoms with E-state index in [4.69, 9.17) is 10.5 Å². The highest BCUT2D eigenvalue weighted by atomic mass is 16.5. The predicted molar refractivity (Wildman–Crippen MR) is 59.3 cm³/mol. The van der Waals surface area contributed by atoms with Gasteiger partial charge in [0.2, 0.25) is 0 Å². The van der Waals surface area contributed by atoms with Crippen LogP contribution < -0.4 is 11.1 Å². The fraction of sp³-hybridized carbons (Fsp3) is 1.00. The van der Waals surface area contributed by atoms with Gasteiger partial charge >= 0.3 is 0 Å². The zero-order valence-corrected chi connectivity index (χ0v) is 9.84. The van der Waals surface area contributed by atoms with E-state index < -0.39 is 0 Å². The van der Waals surface area contributed by atoms with Gasteiger partial charge in [0, 0.05) is 30.7 Å². The largest absolute Gasteiger partial charge is 0.378 e. The lowest BCUT2D eigenvalue weighted by atomic mass is 9.64. The van der Waals surface area contributed by atoms with E-state index in [0.29, 0.717) is 24.7 Å². The van der Waals surface area contributed by atoms with Gasteiger partial charge in [-0.2, -0.15) is 0 Å². The molecule has 0 heterocycles. The van der Waals surface area contributed by atoms with E-state index in [2.05, 4.69) is 33.0 Å². The number of nitrogens with two attached hydrogens (primary N) is 1. The highest BCUT2D eigenvalue weighted by molar-refractivity contribution is 5.03. The molecule has 1 saturated carbocycles. The molecule has 1 rings (SSSR count). The number of hydrogen-bond donors (Lipinski definition) is 2. The highest BCUT2D eigenvalue weighted by Crippen LogP contribution is 2.42. The third-order valence-corrected chi connectivity index (χ3v) is 3.38. The van der Waals surface area contributed by atoms with Crippen LogP contribution in [0.4, 0.5) is 0 Å². The van der Waals surface area contributed by atoms with Crippen LogP contribution in [-0.4, -0.2) is 31.3 Å². The third-order valence-electron chi connectivity index (χ3n) is 3.38. The molecule has 3 nitrogen and oxygen atoms in total. The molecule has 0 spiro atoms. The first-order valence-electron chi connectivity index (χ1n) is 5.60. The third kappa shape index (κ3) is 2.27. The van der Waals surface area contributed by atoms with Gasteiger partial charge in [-0.15, -0.1) is 0 Å². The summed E-state index contributed by atoms with van der Waals surface area (Å²) >= 11 is 0. The Balaban J connectivity index is 2.38. The number of rotatable bonds is 5. The molecule has 0 radical (unpaired) electrons. The van der Waals surface area contributed by atoms with Crippen molar-refractivity contribution in [3.05, 3.63) is 0 Å². The molecule has 0 aromatic carbocycles. The Morgan fingerprint density at radius 2 is 2.21 bits per heavy atom. The van der Waals surface area contributed by atoms with Gasteiger partial charge in [0.1, 0.15) is 0 Å². The molecular formula is C11H24N2O. The lowest BCUT2D eigenvalue weighted by Gasteiger charge is -2.52. The Labute approximate surface area is 87.4 Å². The average molecular weight is 200 g/mol. The summed E-state index contributed by atoms with van der Waals surface area (Å²) in [5.41, 5.74) is 5.84. The van der Waals surface area contributed by atoms with Gasteiger partial charge in [-0.05, 0) is 20.3 Å². The van der Waals surface area contributed by atoms with Gasteiger partial charge in [-0.25, -0.2) is 0 Å². The maximum absolute atomic E-state index is 5.67. The monoisotopic (exact) mass is 200 g/mol. The van der Waals surface area contributed by atoms with Gasteiger partial charge in [-0.3, -0.25) is 0 Å². The summed E-state index contributed by atoms with van der Waals surface area (Å²) in [7, 11) is 0. The van der Waals surface area contributed by atoms with E-state index in [0.717, 1.165) is 13.0 Å². The molecule has 1 fully saturated rings. The molecule has 0 aliphatic heterocycles. The molecule has 0 saturated heterocycles. The average Bonchev–Trinajstić information content (AvgIpc) is 2.16. The van der Waals surface area contributed by atoms with Gasteiger partial charge in [0.15, 0.2) is 0 Å². The molecule has 0 aromatic rings. The minimum absolute atomic E-state index is 0.249. The van der Waals surface area contributed by atoms with E-state index in [1.54, 1.807) is 0 Å². The van der Waals surface area contributed by atoms with Crippen molar-refractivity contribution in [1.29, 1.82) is 0 Å². The first kappa shape index (κ1) is 12.0. The van der Waals surface area contributed by atoms with E-state index in [-0.39, 0.29) is 5.41 Å². The second-order valence-corrected chi connectivity index (χ2v) is 4.86. The van der Waals surface area contributed by atoms with Crippen LogP contribution in [0.15, 0.2) is 0 Å². The van der Waals surface area contributed by atoms with Gasteiger partial charge in [0.05, 0.1) is 6.10 Å². The van der Waals surface area contributed by atoms with Crippen LogP contribution in [-0.2, 0) is 4.74 Å². The molecule has 3 atom stereocenters. The first-order valence-corrected chi connectivity index (χ1v) is 5.60. The van der Waals surface area contributed by atoms with E-state index in [1.165, 1.54) is 0 Å². The van der Waals surface area contributed by atoms with E-state index in [9.17, 15) is 0 Å². The minimum Gasteiger partial charge on any atom is -0.378 e. The van der Waals surface area contributed by atoms with Gasteiger partial charge in [0.25, 0.3) is 0 Å². The summed E-state index contributed by atoms with van der Waals surface area (Å²) in [4.78, 5) is 0. The Bertz CT molecular complexity index is 182. The molecule has 0 amide bonds. The Morgan fingerprint density at radius 3 is 2.64 bits per heavy atom. The summed E-state index contributed by atoms with van der Waals surface area (Å²) in [5, 5.41) is 3.54. The first-order chi connectivity index (χ1) is 6.52. The van der Waals surface area contributed by atoms with Crippen molar-refractivity contribution in [2.24, 2.45) is 11.1 Å². The van der Waals surface area contributed by atoms with Crippen molar-refractivity contribution in [3.63, 3.8) is 0 Å². The summed E-state index contributed by atoms with van der Waals surface area (Å²) in [6.45, 7) is 10.2. The van der Waals surface area contributed by atoms with Gasteiger partial charge in [-0.1, -0.05) is 13.8 Å². The lowest BCUT2D eigenvalue weighted by molar-refractivity contribution is -0.115. The summed E-state index contributed by atoms with van der Waals surface area (Å²) in [6.07, 6.45) is 1.53. The summed E-state index contributed by atoms with van der Waals surface area (Å²) < 4.78 is 5.67. The number of hydrogen-bond acceptors (Lipinski definition) is 3. The molecule has 0 aromatic heterocycles. The van der Waals surface area contributed by atoms with E-state index >= 15 is 0 Å². The highest BCUT2D eigenvalue weighted by Gasteiger charge is 2.48. The maximum atomic E-state index is 5.67. The summed E-state index contributed by atoms with van der Waals surface area (Å²) in [5.74, 6) is 0. The zero-order chi connectivity index (χ0) is 10.8. The van der Waals surface area contributed by atoms with Crippen LogP contribution in [0.3, 0.4) is 0 Å². The van der Waals surface area contributed by atoms with Crippen molar-refractivity contribution in [2.45, 2.75) is 52.3 Å². The Hall–Kier alpha value is -0.120. The van der Waals surface area contributed by atoms with Crippen LogP contribution in [0, 0.1) is 5.41 Å². The van der Waals surface area contributed by atoms with Crippen molar-refractivity contribution in [3.8, 4) is 0 Å².